The number of aromatic nitrogens is 1. The quantitative estimate of drug-likeness (QED) is 0.684. The van der Waals surface area contributed by atoms with Crippen molar-refractivity contribution in [2.45, 2.75) is 44.4 Å². The lowest BCUT2D eigenvalue weighted by Crippen LogP contribution is -2.43. The highest BCUT2D eigenvalue weighted by Crippen LogP contribution is 2.27. The number of piperidine rings is 1. The number of rotatable bonds is 7. The zero-order valence-corrected chi connectivity index (χ0v) is 20.3. The Labute approximate surface area is 203 Å². The van der Waals surface area contributed by atoms with Gasteiger partial charge < -0.3 is 19.8 Å². The number of pyridine rings is 1. The molecule has 1 N–H and O–H groups in total. The Morgan fingerprint density at radius 1 is 0.971 bits per heavy atom. The second-order valence-corrected chi connectivity index (χ2v) is 10.2. The summed E-state index contributed by atoms with van der Waals surface area (Å²) in [6.45, 7) is 6.95. The van der Waals surface area contributed by atoms with Crippen molar-refractivity contribution in [3.63, 3.8) is 0 Å². The van der Waals surface area contributed by atoms with Crippen molar-refractivity contribution in [1.82, 2.24) is 24.6 Å². The van der Waals surface area contributed by atoms with Crippen molar-refractivity contribution in [3.8, 4) is 0 Å². The van der Waals surface area contributed by atoms with Gasteiger partial charge in [-0.1, -0.05) is 30.3 Å². The molecule has 0 spiro atoms. The van der Waals surface area contributed by atoms with E-state index in [9.17, 15) is 9.90 Å². The molecule has 2 aromatic rings. The van der Waals surface area contributed by atoms with Crippen LogP contribution in [0.1, 0.15) is 41.1 Å². The third-order valence-electron chi connectivity index (χ3n) is 7.68. The number of carbonyl (C=O) groups is 1. The smallest absolute Gasteiger partial charge is 0.320 e. The first-order chi connectivity index (χ1) is 16.5. The Morgan fingerprint density at radius 3 is 2.50 bits per heavy atom. The van der Waals surface area contributed by atoms with Crippen LogP contribution in [0.4, 0.5) is 4.79 Å². The van der Waals surface area contributed by atoms with Crippen LogP contribution in [-0.4, -0.2) is 94.7 Å². The van der Waals surface area contributed by atoms with Crippen molar-refractivity contribution in [1.29, 1.82) is 0 Å². The van der Waals surface area contributed by atoms with Gasteiger partial charge in [-0.15, -0.1) is 0 Å². The molecule has 2 amide bonds. The largest absolute Gasteiger partial charge is 0.390 e. The number of urea groups is 1. The minimum Gasteiger partial charge on any atom is -0.390 e. The van der Waals surface area contributed by atoms with Crippen LogP contribution in [0.15, 0.2) is 42.6 Å². The van der Waals surface area contributed by atoms with E-state index < -0.39 is 6.10 Å². The summed E-state index contributed by atoms with van der Waals surface area (Å²) in [5.41, 5.74) is 5.00. The van der Waals surface area contributed by atoms with Gasteiger partial charge in [0.2, 0.25) is 0 Å². The highest BCUT2D eigenvalue weighted by Gasteiger charge is 2.31. The molecular formula is C27H37N5O2. The lowest BCUT2D eigenvalue weighted by Gasteiger charge is -2.31. The Morgan fingerprint density at radius 2 is 1.74 bits per heavy atom. The number of aliphatic hydroxyl groups excluding tert-OH is 1. The molecule has 7 heteroatoms. The molecule has 0 bridgehead atoms. The molecule has 7 nitrogen and oxygen atoms in total. The van der Waals surface area contributed by atoms with E-state index in [1.165, 1.54) is 29.5 Å². The molecule has 0 radical (unpaired) electrons. The minimum absolute atomic E-state index is 0.00392. The van der Waals surface area contributed by atoms with Gasteiger partial charge in [0.1, 0.15) is 0 Å². The molecule has 4 heterocycles. The van der Waals surface area contributed by atoms with Gasteiger partial charge in [-0.25, -0.2) is 4.79 Å². The van der Waals surface area contributed by atoms with E-state index in [1.807, 2.05) is 11.1 Å². The number of carbonyl (C=O) groups excluding carboxylic acids is 1. The summed E-state index contributed by atoms with van der Waals surface area (Å²) in [7, 11) is 2.18. The highest BCUT2D eigenvalue weighted by molar-refractivity contribution is 5.76. The number of hydrogen-bond donors (Lipinski definition) is 1. The number of nitrogens with zero attached hydrogens (tertiary/aromatic N) is 5. The van der Waals surface area contributed by atoms with Crippen LogP contribution in [0.3, 0.4) is 0 Å². The average molecular weight is 464 g/mol. The minimum atomic E-state index is -0.541. The number of aliphatic hydroxyl groups is 1. The monoisotopic (exact) mass is 463 g/mol. The Kier molecular flexibility index (Phi) is 7.13. The van der Waals surface area contributed by atoms with E-state index in [2.05, 4.69) is 58.2 Å². The first-order valence-corrected chi connectivity index (χ1v) is 12.7. The normalized spacial score (nSPS) is 21.2. The fourth-order valence-electron chi connectivity index (χ4n) is 5.58. The lowest BCUT2D eigenvalue weighted by atomic mass is 9.90. The molecule has 0 aliphatic carbocycles. The van der Waals surface area contributed by atoms with Crippen molar-refractivity contribution < 1.29 is 9.90 Å². The molecule has 182 valence electrons. The lowest BCUT2D eigenvalue weighted by molar-refractivity contribution is 0.0812. The number of amides is 2. The molecule has 0 saturated carbocycles. The highest BCUT2D eigenvalue weighted by atomic mass is 16.3. The van der Waals surface area contributed by atoms with Crippen molar-refractivity contribution in [2.75, 3.05) is 52.9 Å². The average Bonchev–Trinajstić information content (AvgIpc) is 3.18. The second kappa shape index (κ2) is 10.4. The van der Waals surface area contributed by atoms with Crippen LogP contribution in [0.25, 0.3) is 0 Å². The maximum atomic E-state index is 12.9. The van der Waals surface area contributed by atoms with E-state index >= 15 is 0 Å². The molecule has 1 aromatic heterocycles. The molecule has 2 saturated heterocycles. The zero-order valence-electron chi connectivity index (χ0n) is 20.3. The maximum absolute atomic E-state index is 12.9. The van der Waals surface area contributed by atoms with Gasteiger partial charge in [0, 0.05) is 45.5 Å². The number of hydrogen-bond acceptors (Lipinski definition) is 5. The Bertz CT molecular complexity index is 973. The first-order valence-electron chi connectivity index (χ1n) is 12.7. The van der Waals surface area contributed by atoms with Gasteiger partial charge in [-0.2, -0.15) is 0 Å². The second-order valence-electron chi connectivity index (χ2n) is 10.2. The number of likely N-dealkylation sites (tertiary alicyclic amines) is 1. The summed E-state index contributed by atoms with van der Waals surface area (Å²) in [6.07, 6.45) is 4.85. The molecule has 34 heavy (non-hydrogen) atoms. The maximum Gasteiger partial charge on any atom is 0.320 e. The summed E-state index contributed by atoms with van der Waals surface area (Å²) >= 11 is 0. The summed E-state index contributed by atoms with van der Waals surface area (Å²) in [5, 5.41) is 10.7. The molecule has 1 atom stereocenters. The molecule has 5 rings (SSSR count). The van der Waals surface area contributed by atoms with Crippen LogP contribution < -0.4 is 0 Å². The van der Waals surface area contributed by atoms with Crippen LogP contribution in [0, 0.1) is 0 Å². The van der Waals surface area contributed by atoms with Crippen molar-refractivity contribution in [2.24, 2.45) is 0 Å². The number of β-amino-alcohol motifs (C(OH)–C–C–N with tert-alkyl or cyclic N) is 1. The third kappa shape index (κ3) is 5.43. The molecule has 2 fully saturated rings. The molecular weight excluding hydrogens is 426 g/mol. The van der Waals surface area contributed by atoms with E-state index in [0.717, 1.165) is 38.3 Å². The SMILES string of the molecule is CN1CCC(c2ccc(CN3CCN(CC(O)CN4CCc5ccccc5C4)C3=O)nc2)CC1. The summed E-state index contributed by atoms with van der Waals surface area (Å²) in [4.78, 5) is 25.9. The molecule has 3 aliphatic heterocycles. The summed E-state index contributed by atoms with van der Waals surface area (Å²) in [6, 6.07) is 12.8. The Balaban J connectivity index is 1.09. The van der Waals surface area contributed by atoms with Crippen LogP contribution in [0.2, 0.25) is 0 Å². The molecule has 3 aliphatic rings. The van der Waals surface area contributed by atoms with Gasteiger partial charge in [-0.05, 0) is 68.1 Å². The fourth-order valence-corrected chi connectivity index (χ4v) is 5.58. The van der Waals surface area contributed by atoms with Crippen molar-refractivity contribution in [3.05, 3.63) is 65.0 Å². The van der Waals surface area contributed by atoms with Gasteiger partial charge in [0.15, 0.2) is 0 Å². The van der Waals surface area contributed by atoms with E-state index in [1.54, 1.807) is 4.90 Å². The molecule has 1 unspecified atom stereocenters. The van der Waals surface area contributed by atoms with Crippen LogP contribution in [0.5, 0.6) is 0 Å². The van der Waals surface area contributed by atoms with E-state index in [0.29, 0.717) is 38.6 Å². The van der Waals surface area contributed by atoms with Crippen LogP contribution >= 0.6 is 0 Å². The zero-order chi connectivity index (χ0) is 23.5. The van der Waals surface area contributed by atoms with E-state index in [-0.39, 0.29) is 6.03 Å². The topological polar surface area (TPSA) is 63.2 Å². The molecule has 1 aromatic carbocycles. The first kappa shape index (κ1) is 23.3. The van der Waals surface area contributed by atoms with Gasteiger partial charge >= 0.3 is 6.03 Å². The van der Waals surface area contributed by atoms with Crippen molar-refractivity contribution >= 4 is 6.03 Å². The number of benzene rings is 1. The van der Waals surface area contributed by atoms with Gasteiger partial charge in [-0.3, -0.25) is 9.88 Å². The van der Waals surface area contributed by atoms with Gasteiger partial charge in [0.05, 0.1) is 18.3 Å². The standard InChI is InChI=1S/C27H37N5O2/c1-29-11-8-22(9-12-29)23-6-7-25(28-16-23)18-31-14-15-32(27(31)34)20-26(33)19-30-13-10-21-4-2-3-5-24(21)17-30/h2-7,16,22,26,33H,8-15,17-20H2,1H3. The summed E-state index contributed by atoms with van der Waals surface area (Å²) in [5.74, 6) is 0.594. The Hall–Kier alpha value is -2.48. The van der Waals surface area contributed by atoms with E-state index in [4.69, 9.17) is 0 Å². The fraction of sp³-hybridized carbons (Fsp3) is 0.556. The van der Waals surface area contributed by atoms with Crippen LogP contribution in [-0.2, 0) is 19.5 Å². The van der Waals surface area contributed by atoms with Gasteiger partial charge in [0.25, 0.3) is 0 Å². The number of fused-ring (bicyclic) bond motifs is 1. The predicted molar refractivity (Wildman–Crippen MR) is 133 cm³/mol. The summed E-state index contributed by atoms with van der Waals surface area (Å²) < 4.78 is 0. The third-order valence-corrected chi connectivity index (χ3v) is 7.68. The predicted octanol–water partition coefficient (Wildman–Crippen LogP) is 2.55.